The van der Waals surface area contributed by atoms with E-state index in [1.807, 2.05) is 69.2 Å². The molecule has 1 amide bonds. The summed E-state index contributed by atoms with van der Waals surface area (Å²) in [6, 6.07) is 16.0. The maximum atomic E-state index is 12.9. The third-order valence-corrected chi connectivity index (χ3v) is 7.83. The molecular weight excluding hydrogens is 567 g/mol. The molecule has 0 aromatic heterocycles. The lowest BCUT2D eigenvalue weighted by molar-refractivity contribution is -0.126. The second-order valence-corrected chi connectivity index (χ2v) is 12.1. The topological polar surface area (TPSA) is 86.8 Å². The van der Waals surface area contributed by atoms with E-state index in [-0.39, 0.29) is 30.3 Å². The molecule has 9 nitrogen and oxygen atoms in total. The second kappa shape index (κ2) is 17.4. The summed E-state index contributed by atoms with van der Waals surface area (Å²) in [6.45, 7) is 8.00. The summed E-state index contributed by atoms with van der Waals surface area (Å²) in [5, 5.41) is -0.135. The highest BCUT2D eigenvalue weighted by Gasteiger charge is 2.25. The fourth-order valence-electron chi connectivity index (χ4n) is 4.04. The lowest BCUT2D eigenvalue weighted by atomic mass is 10.0. The van der Waals surface area contributed by atoms with Gasteiger partial charge in [-0.15, -0.1) is 0 Å². The summed E-state index contributed by atoms with van der Waals surface area (Å²) in [4.78, 5) is 16.0. The zero-order valence-corrected chi connectivity index (χ0v) is 26.9. The lowest BCUT2D eigenvalue weighted by Crippen LogP contribution is -2.34. The first-order chi connectivity index (χ1) is 19.5. The number of allylic oxidation sites excluding steroid dienone is 1. The van der Waals surface area contributed by atoms with Crippen LogP contribution in [0.15, 0.2) is 59.3 Å². The Balaban J connectivity index is 1.97. The van der Waals surface area contributed by atoms with Crippen molar-refractivity contribution in [1.82, 2.24) is 9.80 Å². The maximum absolute atomic E-state index is 12.9. The summed E-state index contributed by atoms with van der Waals surface area (Å²) in [6.07, 6.45) is 1.27. The van der Waals surface area contributed by atoms with Crippen LogP contribution in [-0.4, -0.2) is 82.7 Å². The van der Waals surface area contributed by atoms with Gasteiger partial charge in [0, 0.05) is 19.6 Å². The van der Waals surface area contributed by atoms with Gasteiger partial charge in [0.1, 0.15) is 35.0 Å². The number of carbonyl (C=O) groups excluding carboxylic acids is 1. The third-order valence-electron chi connectivity index (χ3n) is 6.22. The number of aryl methyl sites for hydroxylation is 2. The first-order valence-electron chi connectivity index (χ1n) is 13.7. The fraction of sp³-hybridized carbons (Fsp3) is 0.500. The number of para-hydroxylation sites is 1. The minimum atomic E-state index is -3.61. The molecule has 2 rings (SSSR count). The Bertz CT molecular complexity index is 1190. The summed E-state index contributed by atoms with van der Waals surface area (Å²) in [5.41, 5.74) is 2.26. The third kappa shape index (κ3) is 12.1. The molecule has 0 radical (unpaired) electrons. The van der Waals surface area contributed by atoms with Crippen LogP contribution in [0.3, 0.4) is 0 Å². The molecule has 2 aromatic rings. The van der Waals surface area contributed by atoms with E-state index < -0.39 is 13.5 Å². The maximum Gasteiger partial charge on any atom is 0.377 e. The van der Waals surface area contributed by atoms with E-state index in [9.17, 15) is 9.36 Å². The van der Waals surface area contributed by atoms with Crippen molar-refractivity contribution in [2.45, 2.75) is 39.7 Å². The quantitative estimate of drug-likeness (QED) is 0.0885. The number of amides is 1. The minimum Gasteiger partial charge on any atom is -0.497 e. The van der Waals surface area contributed by atoms with Crippen LogP contribution in [0, 0.1) is 0 Å². The van der Waals surface area contributed by atoms with E-state index in [2.05, 4.69) is 12.1 Å². The predicted octanol–water partition coefficient (Wildman–Crippen LogP) is 5.96. The Labute approximate surface area is 249 Å². The number of methoxy groups -OCH3 is 1. The van der Waals surface area contributed by atoms with Gasteiger partial charge in [-0.05, 0) is 77.0 Å². The molecule has 0 aliphatic rings. The molecule has 0 heterocycles. The number of rotatable bonds is 18. The van der Waals surface area contributed by atoms with Gasteiger partial charge in [0.05, 0.1) is 13.8 Å². The van der Waals surface area contributed by atoms with Gasteiger partial charge in [-0.25, -0.2) is 4.57 Å². The molecular formula is C30H44ClN2O7P. The number of ether oxygens (including phenoxy) is 3. The van der Waals surface area contributed by atoms with Crippen molar-refractivity contribution < 1.29 is 32.6 Å². The highest BCUT2D eigenvalue weighted by Crippen LogP contribution is 2.46. The van der Waals surface area contributed by atoms with Gasteiger partial charge in [-0.2, -0.15) is 0 Å². The summed E-state index contributed by atoms with van der Waals surface area (Å²) < 4.78 is 41.2. The summed E-state index contributed by atoms with van der Waals surface area (Å²) in [7, 11) is 1.91. The molecule has 0 aliphatic carbocycles. The Morgan fingerprint density at radius 3 is 2.41 bits per heavy atom. The molecule has 0 N–H and O–H groups in total. The molecule has 0 saturated carbocycles. The van der Waals surface area contributed by atoms with E-state index >= 15 is 0 Å². The van der Waals surface area contributed by atoms with Crippen molar-refractivity contribution >= 4 is 25.1 Å². The summed E-state index contributed by atoms with van der Waals surface area (Å²) in [5.74, 6) is 1.26. The number of hydrogen-bond donors (Lipinski definition) is 0. The Hall–Kier alpha value is -2.55. The average Bonchev–Trinajstić information content (AvgIpc) is 2.94. The molecule has 228 valence electrons. The van der Waals surface area contributed by atoms with Crippen molar-refractivity contribution in [3.8, 4) is 11.5 Å². The number of hydrogen-bond acceptors (Lipinski definition) is 8. The van der Waals surface area contributed by atoms with Gasteiger partial charge >= 0.3 is 7.60 Å². The van der Waals surface area contributed by atoms with Crippen LogP contribution in [0.4, 0.5) is 0 Å². The number of likely N-dealkylation sites (N-methyl/N-ethyl adjacent to an activating group) is 2. The highest BCUT2D eigenvalue weighted by atomic mass is 35.5. The standard InChI is InChI=1S/C30H44ClN2O7P/c1-8-33(9-2)30(34)29(31)23(3)40-41(7,35)39-22-38-27(20-32(4)5)21-37-28-16-11-10-14-25(28)18-17-24-13-12-15-26(19-24)36-6/h10-16,19,27H,8-9,17-18,20-22H2,1-7H3/b29-23+/t27-,41?/m0/s1. The first-order valence-corrected chi connectivity index (χ1v) is 16.0. The van der Waals surface area contributed by atoms with Crippen molar-refractivity contribution in [2.75, 3.05) is 60.9 Å². The van der Waals surface area contributed by atoms with Crippen LogP contribution in [-0.2, 0) is 36.0 Å². The monoisotopic (exact) mass is 610 g/mol. The fourth-order valence-corrected chi connectivity index (χ4v) is 5.15. The smallest absolute Gasteiger partial charge is 0.377 e. The van der Waals surface area contributed by atoms with Gasteiger partial charge in [0.2, 0.25) is 0 Å². The Morgan fingerprint density at radius 2 is 1.76 bits per heavy atom. The summed E-state index contributed by atoms with van der Waals surface area (Å²) >= 11 is 6.19. The molecule has 0 saturated heterocycles. The molecule has 41 heavy (non-hydrogen) atoms. The van der Waals surface area contributed by atoms with Crippen LogP contribution in [0.25, 0.3) is 0 Å². The zero-order chi connectivity index (χ0) is 30.4. The number of nitrogens with zero attached hydrogens (tertiary/aromatic N) is 2. The molecule has 0 aliphatic heterocycles. The minimum absolute atomic E-state index is 0.0353. The van der Waals surface area contributed by atoms with Crippen LogP contribution in [0.1, 0.15) is 31.9 Å². The number of carbonyl (C=O) groups is 1. The van der Waals surface area contributed by atoms with Crippen LogP contribution >= 0.6 is 19.2 Å². The average molecular weight is 611 g/mol. The highest BCUT2D eigenvalue weighted by molar-refractivity contribution is 7.53. The normalized spacial score (nSPS) is 14.2. The van der Waals surface area contributed by atoms with Crippen LogP contribution in [0.2, 0.25) is 0 Å². The van der Waals surface area contributed by atoms with Gasteiger partial charge in [0.25, 0.3) is 5.91 Å². The molecule has 0 fully saturated rings. The van der Waals surface area contributed by atoms with Crippen molar-refractivity contribution in [3.05, 3.63) is 70.4 Å². The molecule has 2 atom stereocenters. The van der Waals surface area contributed by atoms with Gasteiger partial charge in [0.15, 0.2) is 6.79 Å². The van der Waals surface area contributed by atoms with Crippen LogP contribution < -0.4 is 9.47 Å². The molecule has 0 spiro atoms. The molecule has 0 bridgehead atoms. The second-order valence-electron chi connectivity index (χ2n) is 9.78. The first kappa shape index (κ1) is 34.7. The van der Waals surface area contributed by atoms with E-state index in [0.29, 0.717) is 19.6 Å². The van der Waals surface area contributed by atoms with Gasteiger partial charge < -0.3 is 28.5 Å². The zero-order valence-electron chi connectivity index (χ0n) is 25.2. The molecule has 2 aromatic carbocycles. The van der Waals surface area contributed by atoms with Crippen molar-refractivity contribution in [2.24, 2.45) is 0 Å². The van der Waals surface area contributed by atoms with E-state index in [4.69, 9.17) is 34.9 Å². The number of benzene rings is 2. The SMILES string of the molecule is CCN(CC)C(=O)/C(Cl)=C(/C)OP(C)(=O)OCO[C@H](COc1ccccc1CCc1cccc(OC)c1)CN(C)C. The van der Waals surface area contributed by atoms with Crippen molar-refractivity contribution in [1.29, 1.82) is 0 Å². The van der Waals surface area contributed by atoms with E-state index in [0.717, 1.165) is 29.9 Å². The lowest BCUT2D eigenvalue weighted by Gasteiger charge is -2.24. The Morgan fingerprint density at radius 1 is 1.05 bits per heavy atom. The molecule has 1 unspecified atom stereocenters. The Kier molecular flexibility index (Phi) is 14.7. The predicted molar refractivity (Wildman–Crippen MR) is 163 cm³/mol. The van der Waals surface area contributed by atoms with Gasteiger partial charge in [-0.1, -0.05) is 41.9 Å². The van der Waals surface area contributed by atoms with E-state index in [1.54, 1.807) is 12.0 Å². The van der Waals surface area contributed by atoms with Crippen LogP contribution in [0.5, 0.6) is 11.5 Å². The van der Waals surface area contributed by atoms with Gasteiger partial charge in [-0.3, -0.25) is 9.32 Å². The van der Waals surface area contributed by atoms with Crippen molar-refractivity contribution in [3.63, 3.8) is 0 Å². The largest absolute Gasteiger partial charge is 0.497 e. The van der Waals surface area contributed by atoms with E-state index in [1.165, 1.54) is 19.2 Å². The molecule has 11 heteroatoms. The number of halogens is 1.